The van der Waals surface area contributed by atoms with Crippen molar-refractivity contribution in [1.29, 1.82) is 0 Å². The molecular weight excluding hydrogens is 174 g/mol. The lowest BCUT2D eigenvalue weighted by Gasteiger charge is -2.08. The van der Waals surface area contributed by atoms with Gasteiger partial charge >= 0.3 is 0 Å². The van der Waals surface area contributed by atoms with Crippen molar-refractivity contribution in [3.8, 4) is 0 Å². The van der Waals surface area contributed by atoms with E-state index in [1.54, 1.807) is 0 Å². The Bertz CT molecular complexity index is 253. The maximum atomic E-state index is 4.14. The zero-order valence-electron chi connectivity index (χ0n) is 9.45. The zero-order chi connectivity index (χ0) is 10.4. The molecule has 0 bridgehead atoms. The molecule has 0 amide bonds. The minimum atomic E-state index is 0.728. The van der Waals surface area contributed by atoms with Crippen molar-refractivity contribution in [2.24, 2.45) is 5.92 Å². The quantitative estimate of drug-likeness (QED) is 0.700. The molecule has 0 radical (unpaired) electrons. The third kappa shape index (κ3) is 3.50. The van der Waals surface area contributed by atoms with Gasteiger partial charge in [0, 0.05) is 31.4 Å². The first-order valence-electron chi connectivity index (χ1n) is 5.43. The normalized spacial score (nSPS) is 11.1. The standard InChI is InChI=1S/C11H21N3/c1-4-14-9-13-8-11(14)5-6-12-7-10(2)3/h8-10,12H,4-7H2,1-3H3. The van der Waals surface area contributed by atoms with Crippen LogP contribution in [-0.4, -0.2) is 22.6 Å². The average molecular weight is 195 g/mol. The Morgan fingerprint density at radius 1 is 1.50 bits per heavy atom. The van der Waals surface area contributed by atoms with E-state index in [2.05, 4.69) is 35.6 Å². The van der Waals surface area contributed by atoms with Gasteiger partial charge in [-0.1, -0.05) is 13.8 Å². The van der Waals surface area contributed by atoms with E-state index in [1.807, 2.05) is 12.5 Å². The van der Waals surface area contributed by atoms with Crippen molar-refractivity contribution in [2.75, 3.05) is 13.1 Å². The Labute approximate surface area is 86.5 Å². The van der Waals surface area contributed by atoms with Crippen molar-refractivity contribution < 1.29 is 0 Å². The van der Waals surface area contributed by atoms with Crippen molar-refractivity contribution >= 4 is 0 Å². The summed E-state index contributed by atoms with van der Waals surface area (Å²) in [6.45, 7) is 9.75. The molecule has 14 heavy (non-hydrogen) atoms. The fourth-order valence-corrected chi connectivity index (χ4v) is 1.45. The van der Waals surface area contributed by atoms with Crippen LogP contribution >= 0.6 is 0 Å². The Kier molecular flexibility index (Phi) is 4.66. The first-order valence-corrected chi connectivity index (χ1v) is 5.43. The fraction of sp³-hybridized carbons (Fsp3) is 0.727. The first kappa shape index (κ1) is 11.2. The minimum Gasteiger partial charge on any atom is -0.335 e. The molecule has 0 aliphatic rings. The van der Waals surface area contributed by atoms with Crippen LogP contribution in [0.3, 0.4) is 0 Å². The van der Waals surface area contributed by atoms with Crippen molar-refractivity contribution in [1.82, 2.24) is 14.9 Å². The van der Waals surface area contributed by atoms with Crippen LogP contribution in [-0.2, 0) is 13.0 Å². The van der Waals surface area contributed by atoms with Crippen LogP contribution in [0.4, 0.5) is 0 Å². The number of nitrogens with one attached hydrogen (secondary N) is 1. The number of hydrogen-bond donors (Lipinski definition) is 1. The van der Waals surface area contributed by atoms with Gasteiger partial charge in [-0.25, -0.2) is 4.98 Å². The molecule has 80 valence electrons. The highest BCUT2D eigenvalue weighted by atomic mass is 15.0. The topological polar surface area (TPSA) is 29.9 Å². The van der Waals surface area contributed by atoms with E-state index in [1.165, 1.54) is 5.69 Å². The smallest absolute Gasteiger partial charge is 0.0948 e. The number of imidazole rings is 1. The number of aryl methyl sites for hydroxylation is 1. The van der Waals surface area contributed by atoms with Crippen molar-refractivity contribution in [3.63, 3.8) is 0 Å². The summed E-state index contributed by atoms with van der Waals surface area (Å²) in [7, 11) is 0. The lowest BCUT2D eigenvalue weighted by Crippen LogP contribution is -2.22. The summed E-state index contributed by atoms with van der Waals surface area (Å²) in [6.07, 6.45) is 4.93. The maximum Gasteiger partial charge on any atom is 0.0948 e. The molecule has 0 unspecified atom stereocenters. The Hall–Kier alpha value is -0.830. The molecule has 0 aliphatic heterocycles. The summed E-state index contributed by atoms with van der Waals surface area (Å²) in [5.74, 6) is 0.728. The maximum absolute atomic E-state index is 4.14. The fourth-order valence-electron chi connectivity index (χ4n) is 1.45. The van der Waals surface area contributed by atoms with E-state index in [4.69, 9.17) is 0 Å². The third-order valence-corrected chi connectivity index (χ3v) is 2.25. The molecule has 1 N–H and O–H groups in total. The highest BCUT2D eigenvalue weighted by Crippen LogP contribution is 1.99. The van der Waals surface area contributed by atoms with Crippen LogP contribution in [0.1, 0.15) is 26.5 Å². The number of nitrogens with zero attached hydrogens (tertiary/aromatic N) is 2. The van der Waals surface area contributed by atoms with E-state index < -0.39 is 0 Å². The van der Waals surface area contributed by atoms with E-state index >= 15 is 0 Å². The zero-order valence-corrected chi connectivity index (χ0v) is 9.45. The summed E-state index contributed by atoms with van der Waals surface area (Å²) in [5.41, 5.74) is 1.32. The minimum absolute atomic E-state index is 0.728. The van der Waals surface area contributed by atoms with E-state index in [-0.39, 0.29) is 0 Å². The highest BCUT2D eigenvalue weighted by Gasteiger charge is 1.99. The van der Waals surface area contributed by atoms with Gasteiger partial charge in [0.2, 0.25) is 0 Å². The second kappa shape index (κ2) is 5.81. The summed E-state index contributed by atoms with van der Waals surface area (Å²) >= 11 is 0. The van der Waals surface area contributed by atoms with Crippen LogP contribution in [0.25, 0.3) is 0 Å². The molecule has 1 aromatic heterocycles. The van der Waals surface area contributed by atoms with Crippen LogP contribution in [0.15, 0.2) is 12.5 Å². The summed E-state index contributed by atoms with van der Waals surface area (Å²) in [4.78, 5) is 4.14. The largest absolute Gasteiger partial charge is 0.335 e. The number of aromatic nitrogens is 2. The van der Waals surface area contributed by atoms with Gasteiger partial charge in [-0.05, 0) is 19.4 Å². The lowest BCUT2D eigenvalue weighted by molar-refractivity contribution is 0.547. The van der Waals surface area contributed by atoms with Crippen LogP contribution < -0.4 is 5.32 Å². The lowest BCUT2D eigenvalue weighted by atomic mass is 10.2. The molecule has 0 aliphatic carbocycles. The molecule has 1 rings (SSSR count). The second-order valence-corrected chi connectivity index (χ2v) is 4.02. The SMILES string of the molecule is CCn1cncc1CCNCC(C)C. The van der Waals surface area contributed by atoms with Gasteiger partial charge < -0.3 is 9.88 Å². The van der Waals surface area contributed by atoms with Crippen molar-refractivity contribution in [3.05, 3.63) is 18.2 Å². The first-order chi connectivity index (χ1) is 6.74. The second-order valence-electron chi connectivity index (χ2n) is 4.02. The molecule has 0 saturated heterocycles. The molecular formula is C11H21N3. The third-order valence-electron chi connectivity index (χ3n) is 2.25. The van der Waals surface area contributed by atoms with Crippen molar-refractivity contribution in [2.45, 2.75) is 33.7 Å². The molecule has 1 heterocycles. The predicted octanol–water partition coefficient (Wildman–Crippen LogP) is 1.69. The number of hydrogen-bond acceptors (Lipinski definition) is 2. The number of rotatable bonds is 6. The molecule has 0 saturated carbocycles. The summed E-state index contributed by atoms with van der Waals surface area (Å²) < 4.78 is 2.19. The van der Waals surface area contributed by atoms with Gasteiger partial charge in [0.05, 0.1) is 6.33 Å². The van der Waals surface area contributed by atoms with Gasteiger partial charge in [0.1, 0.15) is 0 Å². The van der Waals surface area contributed by atoms with Crippen LogP contribution in [0, 0.1) is 5.92 Å². The molecule has 0 aromatic carbocycles. The molecule has 0 atom stereocenters. The Balaban J connectivity index is 2.24. The monoisotopic (exact) mass is 195 g/mol. The van der Waals surface area contributed by atoms with Gasteiger partial charge in [-0.3, -0.25) is 0 Å². The van der Waals surface area contributed by atoms with Crippen LogP contribution in [0.2, 0.25) is 0 Å². The highest BCUT2D eigenvalue weighted by molar-refractivity contribution is 4.98. The van der Waals surface area contributed by atoms with Gasteiger partial charge in [0.15, 0.2) is 0 Å². The molecule has 0 spiro atoms. The van der Waals surface area contributed by atoms with E-state index in [9.17, 15) is 0 Å². The molecule has 1 aromatic rings. The summed E-state index contributed by atoms with van der Waals surface area (Å²) in [5, 5.41) is 3.43. The van der Waals surface area contributed by atoms with E-state index in [0.717, 1.165) is 32.0 Å². The summed E-state index contributed by atoms with van der Waals surface area (Å²) in [6, 6.07) is 0. The van der Waals surface area contributed by atoms with Gasteiger partial charge in [-0.15, -0.1) is 0 Å². The van der Waals surface area contributed by atoms with Crippen LogP contribution in [0.5, 0.6) is 0 Å². The van der Waals surface area contributed by atoms with Gasteiger partial charge in [-0.2, -0.15) is 0 Å². The molecule has 0 fully saturated rings. The van der Waals surface area contributed by atoms with Gasteiger partial charge in [0.25, 0.3) is 0 Å². The Morgan fingerprint density at radius 3 is 2.93 bits per heavy atom. The average Bonchev–Trinajstić information content (AvgIpc) is 2.59. The Morgan fingerprint density at radius 2 is 2.29 bits per heavy atom. The van der Waals surface area contributed by atoms with E-state index in [0.29, 0.717) is 0 Å². The predicted molar refractivity (Wildman–Crippen MR) is 59.3 cm³/mol. The molecule has 3 heteroatoms. The molecule has 3 nitrogen and oxygen atoms in total.